The Kier molecular flexibility index (Phi) is 9.01. The van der Waals surface area contributed by atoms with Crippen molar-refractivity contribution in [2.24, 2.45) is 10.9 Å². The van der Waals surface area contributed by atoms with E-state index in [1.165, 1.54) is 23.6 Å². The molecular formula is C19H37N5O3S. The van der Waals surface area contributed by atoms with Gasteiger partial charge in [-0.3, -0.25) is 9.79 Å². The fourth-order valence-electron chi connectivity index (χ4n) is 3.94. The molecule has 1 heterocycles. The van der Waals surface area contributed by atoms with E-state index in [2.05, 4.69) is 15.6 Å². The maximum Gasteiger partial charge on any atom is 0.225 e. The van der Waals surface area contributed by atoms with Gasteiger partial charge < -0.3 is 15.5 Å². The van der Waals surface area contributed by atoms with Crippen LogP contribution in [0.1, 0.15) is 51.9 Å². The molecule has 0 aromatic carbocycles. The van der Waals surface area contributed by atoms with Crippen LogP contribution in [0.2, 0.25) is 0 Å². The van der Waals surface area contributed by atoms with E-state index in [1.807, 2.05) is 4.90 Å². The number of guanidine groups is 1. The molecule has 1 atom stereocenters. The van der Waals surface area contributed by atoms with E-state index >= 15 is 0 Å². The van der Waals surface area contributed by atoms with Crippen molar-refractivity contribution in [2.45, 2.75) is 57.9 Å². The quantitative estimate of drug-likeness (QED) is 0.350. The number of nitrogens with zero attached hydrogens (tertiary/aromatic N) is 3. The Labute approximate surface area is 170 Å². The SMILES string of the molecule is CCS(=O)(=O)N(C)CCCNC(=NC)NC1CCN(C(=O)C2CCCCC2)C1. The number of aliphatic imine (C=N–C) groups is 1. The molecule has 9 heteroatoms. The Bertz CT molecular complexity index is 631. The molecule has 0 spiro atoms. The van der Waals surface area contributed by atoms with Crippen molar-refractivity contribution in [3.8, 4) is 0 Å². The molecule has 1 saturated carbocycles. The van der Waals surface area contributed by atoms with Gasteiger partial charge in [-0.2, -0.15) is 0 Å². The zero-order valence-corrected chi connectivity index (χ0v) is 18.4. The van der Waals surface area contributed by atoms with Gasteiger partial charge in [-0.25, -0.2) is 12.7 Å². The van der Waals surface area contributed by atoms with Crippen LogP contribution >= 0.6 is 0 Å². The van der Waals surface area contributed by atoms with Gasteiger partial charge in [-0.15, -0.1) is 0 Å². The van der Waals surface area contributed by atoms with E-state index in [0.717, 1.165) is 32.4 Å². The second-order valence-electron chi connectivity index (χ2n) is 7.82. The first kappa shape index (κ1) is 22.9. The molecule has 1 amide bonds. The molecule has 0 aromatic rings. The van der Waals surface area contributed by atoms with Gasteiger partial charge in [0.05, 0.1) is 5.75 Å². The number of hydrogen-bond acceptors (Lipinski definition) is 4. The van der Waals surface area contributed by atoms with Gasteiger partial charge in [0, 0.05) is 52.2 Å². The largest absolute Gasteiger partial charge is 0.356 e. The highest BCUT2D eigenvalue weighted by atomic mass is 32.2. The third-order valence-electron chi connectivity index (χ3n) is 5.80. The van der Waals surface area contributed by atoms with Crippen LogP contribution in [0, 0.1) is 5.92 Å². The lowest BCUT2D eigenvalue weighted by Gasteiger charge is -2.26. The number of nitrogens with one attached hydrogen (secondary N) is 2. The lowest BCUT2D eigenvalue weighted by atomic mass is 9.88. The summed E-state index contributed by atoms with van der Waals surface area (Å²) in [4.78, 5) is 18.9. The number of carbonyl (C=O) groups excluding carboxylic acids is 1. The lowest BCUT2D eigenvalue weighted by molar-refractivity contribution is -0.135. The zero-order valence-electron chi connectivity index (χ0n) is 17.6. The summed E-state index contributed by atoms with van der Waals surface area (Å²) in [7, 11) is 0.214. The number of amides is 1. The summed E-state index contributed by atoms with van der Waals surface area (Å²) in [5, 5.41) is 6.64. The Morgan fingerprint density at radius 2 is 1.93 bits per heavy atom. The van der Waals surface area contributed by atoms with E-state index in [9.17, 15) is 13.2 Å². The van der Waals surface area contributed by atoms with Crippen molar-refractivity contribution in [3.05, 3.63) is 0 Å². The van der Waals surface area contributed by atoms with E-state index in [0.29, 0.717) is 31.4 Å². The number of sulfonamides is 1. The van der Waals surface area contributed by atoms with E-state index in [1.54, 1.807) is 21.0 Å². The topological polar surface area (TPSA) is 94.1 Å². The summed E-state index contributed by atoms with van der Waals surface area (Å²) in [5.74, 6) is 1.38. The molecule has 1 aliphatic carbocycles. The molecular weight excluding hydrogens is 378 g/mol. The van der Waals surface area contributed by atoms with Crippen LogP contribution in [-0.4, -0.2) is 81.6 Å². The van der Waals surface area contributed by atoms with E-state index < -0.39 is 10.0 Å². The van der Waals surface area contributed by atoms with Gasteiger partial charge >= 0.3 is 0 Å². The lowest BCUT2D eigenvalue weighted by Crippen LogP contribution is -2.46. The average molecular weight is 416 g/mol. The predicted molar refractivity (Wildman–Crippen MR) is 113 cm³/mol. The summed E-state index contributed by atoms with van der Waals surface area (Å²) < 4.78 is 24.9. The number of likely N-dealkylation sites (tertiary alicyclic amines) is 1. The average Bonchev–Trinajstić information content (AvgIpc) is 3.18. The van der Waals surface area contributed by atoms with Crippen molar-refractivity contribution in [2.75, 3.05) is 46.0 Å². The van der Waals surface area contributed by atoms with Gasteiger partial charge in [0.25, 0.3) is 0 Å². The monoisotopic (exact) mass is 415 g/mol. The maximum absolute atomic E-state index is 12.7. The number of carbonyl (C=O) groups is 1. The molecule has 0 bridgehead atoms. The highest BCUT2D eigenvalue weighted by Crippen LogP contribution is 2.26. The molecule has 8 nitrogen and oxygen atoms in total. The Morgan fingerprint density at radius 1 is 1.21 bits per heavy atom. The summed E-state index contributed by atoms with van der Waals surface area (Å²) in [6.07, 6.45) is 7.33. The standard InChI is InChI=1S/C19H37N5O3S/c1-4-28(26,27)23(3)13-8-12-21-19(20-2)22-17-11-14-24(15-17)18(25)16-9-6-5-7-10-16/h16-17H,4-15H2,1-3H3,(H2,20,21,22). The van der Waals surface area contributed by atoms with Crippen molar-refractivity contribution >= 4 is 21.9 Å². The molecule has 1 aliphatic heterocycles. The van der Waals surface area contributed by atoms with Crippen molar-refractivity contribution in [1.82, 2.24) is 19.8 Å². The predicted octanol–water partition coefficient (Wildman–Crippen LogP) is 1.00. The summed E-state index contributed by atoms with van der Waals surface area (Å²) >= 11 is 0. The minimum Gasteiger partial charge on any atom is -0.356 e. The third kappa shape index (κ3) is 6.62. The Balaban J connectivity index is 1.69. The van der Waals surface area contributed by atoms with Crippen LogP contribution in [0.4, 0.5) is 0 Å². The van der Waals surface area contributed by atoms with Gasteiger partial charge in [-0.1, -0.05) is 19.3 Å². The molecule has 1 unspecified atom stereocenters. The molecule has 1 saturated heterocycles. The first-order valence-corrected chi connectivity index (χ1v) is 12.2. The summed E-state index contributed by atoms with van der Waals surface area (Å²) in [6, 6.07) is 0.210. The van der Waals surface area contributed by atoms with Gasteiger partial charge in [0.1, 0.15) is 0 Å². The van der Waals surface area contributed by atoms with Crippen molar-refractivity contribution in [3.63, 3.8) is 0 Å². The summed E-state index contributed by atoms with van der Waals surface area (Å²) in [5.41, 5.74) is 0. The molecule has 2 fully saturated rings. The minimum absolute atomic E-state index is 0.123. The Morgan fingerprint density at radius 3 is 2.57 bits per heavy atom. The molecule has 162 valence electrons. The van der Waals surface area contributed by atoms with Gasteiger partial charge in [0.2, 0.25) is 15.9 Å². The molecule has 2 aliphatic rings. The first-order valence-electron chi connectivity index (χ1n) is 10.6. The molecule has 2 N–H and O–H groups in total. The van der Waals surface area contributed by atoms with Crippen molar-refractivity contribution in [1.29, 1.82) is 0 Å². The first-order chi connectivity index (χ1) is 13.4. The molecule has 28 heavy (non-hydrogen) atoms. The number of hydrogen-bond donors (Lipinski definition) is 2. The maximum atomic E-state index is 12.7. The van der Waals surface area contributed by atoms with Crippen molar-refractivity contribution < 1.29 is 13.2 Å². The highest BCUT2D eigenvalue weighted by molar-refractivity contribution is 7.89. The van der Waals surface area contributed by atoms with Crippen LogP contribution in [-0.2, 0) is 14.8 Å². The second kappa shape index (κ2) is 11.0. The third-order valence-corrected chi connectivity index (χ3v) is 7.66. The molecule has 0 radical (unpaired) electrons. The molecule has 0 aromatic heterocycles. The van der Waals surface area contributed by atoms with Gasteiger partial charge in [-0.05, 0) is 32.6 Å². The highest BCUT2D eigenvalue weighted by Gasteiger charge is 2.31. The van der Waals surface area contributed by atoms with Crippen LogP contribution < -0.4 is 10.6 Å². The zero-order chi connectivity index (χ0) is 20.6. The summed E-state index contributed by atoms with van der Waals surface area (Å²) in [6.45, 7) is 4.31. The smallest absolute Gasteiger partial charge is 0.225 e. The second-order valence-corrected chi connectivity index (χ2v) is 10.2. The van der Waals surface area contributed by atoms with E-state index in [-0.39, 0.29) is 17.7 Å². The Hall–Kier alpha value is -1.35. The molecule has 2 rings (SSSR count). The van der Waals surface area contributed by atoms with E-state index in [4.69, 9.17) is 0 Å². The van der Waals surface area contributed by atoms with Crippen LogP contribution in [0.25, 0.3) is 0 Å². The van der Waals surface area contributed by atoms with Crippen LogP contribution in [0.5, 0.6) is 0 Å². The fourth-order valence-corrected chi connectivity index (χ4v) is 4.79. The van der Waals surface area contributed by atoms with Crippen LogP contribution in [0.3, 0.4) is 0 Å². The normalized spacial score (nSPS) is 21.9. The fraction of sp³-hybridized carbons (Fsp3) is 0.895. The van der Waals surface area contributed by atoms with Crippen LogP contribution in [0.15, 0.2) is 4.99 Å². The van der Waals surface area contributed by atoms with Gasteiger partial charge in [0.15, 0.2) is 5.96 Å². The minimum atomic E-state index is -3.12. The number of rotatable bonds is 8.